The molecule has 2 radical (unpaired) electrons. The molecule has 0 spiro atoms. The SMILES string of the molecule is CC(=O)O[C@H]1C2[C@](C)(C(=O)[C@H](O)C3=C(C)[C@@H](O)C[C@]1(O)C3(C)C)C(C)C[C@@H](O)[C@@]2(O)CO.[Ac].[Ac]. The Labute approximate surface area is 271 Å². The molecule has 9 atom stereocenters. The van der Waals surface area contributed by atoms with Crippen LogP contribution in [0.3, 0.4) is 0 Å². The van der Waals surface area contributed by atoms with Crippen LogP contribution < -0.4 is 0 Å². The van der Waals surface area contributed by atoms with Gasteiger partial charge in [0.25, 0.3) is 0 Å². The summed E-state index contributed by atoms with van der Waals surface area (Å²) in [6.07, 6.45) is -6.38. The number of hydrogen-bond donors (Lipinski definition) is 6. The zero-order valence-corrected chi connectivity index (χ0v) is 30.1. The summed E-state index contributed by atoms with van der Waals surface area (Å²) in [6, 6.07) is 0. The van der Waals surface area contributed by atoms with Crippen molar-refractivity contribution in [1.29, 1.82) is 0 Å². The Morgan fingerprint density at radius 1 is 1.12 bits per heavy atom. The topological polar surface area (TPSA) is 165 Å². The first-order chi connectivity index (χ1) is 14.5. The predicted octanol–water partition coefficient (Wildman–Crippen LogP) is -0.553. The van der Waals surface area contributed by atoms with Crippen LogP contribution in [0.15, 0.2) is 11.1 Å². The number of carbonyl (C=O) groups excluding carboxylic acids is 2. The minimum Gasteiger partial charge on any atom is -0.459 e. The van der Waals surface area contributed by atoms with Crippen molar-refractivity contribution >= 4 is 11.8 Å². The van der Waals surface area contributed by atoms with Crippen LogP contribution in [0.25, 0.3) is 0 Å². The molecule has 0 aromatic carbocycles. The van der Waals surface area contributed by atoms with Crippen molar-refractivity contribution in [1.82, 2.24) is 0 Å². The molecule has 0 saturated heterocycles. The van der Waals surface area contributed by atoms with Crippen LogP contribution in [0.5, 0.6) is 0 Å². The van der Waals surface area contributed by atoms with Gasteiger partial charge in [0.05, 0.1) is 18.8 Å². The Hall–Kier alpha value is 1.52. The van der Waals surface area contributed by atoms with Gasteiger partial charge in [-0.05, 0) is 30.4 Å². The number of Topliss-reactive ketones (excluding diaryl/α,β-unsaturated/α-hetero) is 1. The minimum absolute atomic E-state index is 0. The van der Waals surface area contributed by atoms with E-state index in [0.29, 0.717) is 5.57 Å². The predicted molar refractivity (Wildman–Crippen MR) is 112 cm³/mol. The van der Waals surface area contributed by atoms with Crippen LogP contribution in [0.4, 0.5) is 0 Å². The molecule has 188 valence electrons. The van der Waals surface area contributed by atoms with Gasteiger partial charge in [-0.2, -0.15) is 0 Å². The van der Waals surface area contributed by atoms with Crippen molar-refractivity contribution in [3.05, 3.63) is 11.1 Å². The number of fused-ring (bicyclic) bond motifs is 3. The molecule has 9 nitrogen and oxygen atoms in total. The summed E-state index contributed by atoms with van der Waals surface area (Å²) in [5.74, 6) is -3.57. The minimum atomic E-state index is -2.32. The first-order valence-electron chi connectivity index (χ1n) is 11.0. The second-order valence-electron chi connectivity index (χ2n) is 10.7. The van der Waals surface area contributed by atoms with Gasteiger partial charge in [-0.25, -0.2) is 0 Å². The molecule has 34 heavy (non-hydrogen) atoms. The zero-order chi connectivity index (χ0) is 24.6. The Bertz CT molecular complexity index is 861. The first-order valence-corrected chi connectivity index (χ1v) is 11.0. The fraction of sp³-hybridized carbons (Fsp3) is 0.826. The summed E-state index contributed by atoms with van der Waals surface area (Å²) < 4.78 is 5.61. The number of esters is 1. The molecule has 2 saturated carbocycles. The van der Waals surface area contributed by atoms with Gasteiger partial charge >= 0.3 is 5.97 Å². The van der Waals surface area contributed by atoms with E-state index in [4.69, 9.17) is 4.74 Å². The van der Waals surface area contributed by atoms with E-state index in [1.807, 2.05) is 0 Å². The molecule has 2 bridgehead atoms. The van der Waals surface area contributed by atoms with Crippen molar-refractivity contribution in [2.45, 2.75) is 90.0 Å². The van der Waals surface area contributed by atoms with Crippen LogP contribution in [-0.2, 0) is 14.3 Å². The third-order valence-electron chi connectivity index (χ3n) is 8.92. The quantitative estimate of drug-likeness (QED) is 0.158. The third kappa shape index (κ3) is 4.52. The van der Waals surface area contributed by atoms with Crippen LogP contribution in [0, 0.1) is 111 Å². The van der Waals surface area contributed by atoms with E-state index in [2.05, 4.69) is 0 Å². The van der Waals surface area contributed by atoms with Crippen molar-refractivity contribution in [3.63, 3.8) is 0 Å². The second kappa shape index (κ2) is 11.0. The van der Waals surface area contributed by atoms with E-state index in [1.165, 1.54) is 6.92 Å². The molecule has 3 aliphatic carbocycles. The smallest absolute Gasteiger partial charge is 0.303 e. The van der Waals surface area contributed by atoms with Gasteiger partial charge in [-0.15, -0.1) is 0 Å². The average molecular weight is 911 g/mol. The van der Waals surface area contributed by atoms with Gasteiger partial charge in [0, 0.05) is 118 Å². The zero-order valence-electron chi connectivity index (χ0n) is 20.6. The van der Waals surface area contributed by atoms with E-state index < -0.39 is 76.6 Å². The summed E-state index contributed by atoms with van der Waals surface area (Å²) in [5, 5.41) is 66.7. The number of rotatable bonds is 2. The van der Waals surface area contributed by atoms with Gasteiger partial charge in [-0.3, -0.25) is 9.59 Å². The normalized spacial score (nSPS) is 45.7. The molecule has 0 aromatic heterocycles. The third-order valence-corrected chi connectivity index (χ3v) is 8.92. The summed E-state index contributed by atoms with van der Waals surface area (Å²) in [5.41, 5.74) is -6.82. The summed E-state index contributed by atoms with van der Waals surface area (Å²) >= 11 is 0. The molecule has 2 unspecified atom stereocenters. The molecular weight excluding hydrogens is 874 g/mol. The van der Waals surface area contributed by atoms with E-state index >= 15 is 0 Å². The molecule has 3 rings (SSSR count). The summed E-state index contributed by atoms with van der Waals surface area (Å²) in [4.78, 5) is 26.1. The molecular formula is C23H36Ac2O9. The van der Waals surface area contributed by atoms with Gasteiger partial charge < -0.3 is 35.4 Å². The molecule has 11 heteroatoms. The van der Waals surface area contributed by atoms with E-state index in [1.54, 1.807) is 27.7 Å². The second-order valence-corrected chi connectivity index (χ2v) is 10.7. The van der Waals surface area contributed by atoms with Crippen LogP contribution >= 0.6 is 0 Å². The summed E-state index contributed by atoms with van der Waals surface area (Å²) in [7, 11) is 0. The molecule has 2 fully saturated rings. The van der Waals surface area contributed by atoms with Crippen molar-refractivity contribution in [2.75, 3.05) is 6.61 Å². The van der Waals surface area contributed by atoms with E-state index in [9.17, 15) is 40.2 Å². The largest absolute Gasteiger partial charge is 0.459 e. The maximum Gasteiger partial charge on any atom is 0.303 e. The molecule has 3 aliphatic rings. The van der Waals surface area contributed by atoms with E-state index in [0.717, 1.165) is 6.92 Å². The molecule has 6 N–H and O–H groups in total. The Kier molecular flexibility index (Phi) is 10.8. The van der Waals surface area contributed by atoms with Crippen molar-refractivity contribution < 1.29 is 133 Å². The van der Waals surface area contributed by atoms with Crippen LogP contribution in [0.1, 0.15) is 54.4 Å². The fourth-order valence-corrected chi connectivity index (χ4v) is 6.68. The standard InChI is InChI=1S/C23H36O9.2Ac/c1-10-7-14(27)22(30,9-24)17-19(32-12(3)25)23(31)8-13(26)11(2)15(20(23,4)5)16(28)18(29)21(10,17)6;;/h10,13-14,16-17,19,24,26-28,30-31H,7-9H2,1-6H3;;/t10?,13-,14+,16+,17?,19-,21+,22-,23+;;/m0../s1. The number of carbonyl (C=O) groups is 2. The van der Waals surface area contributed by atoms with Crippen molar-refractivity contribution in [2.24, 2.45) is 22.7 Å². The fourth-order valence-electron chi connectivity index (χ4n) is 6.68. The Morgan fingerprint density at radius 2 is 1.65 bits per heavy atom. The molecule has 0 aliphatic heterocycles. The van der Waals surface area contributed by atoms with E-state index in [-0.39, 0.29) is 107 Å². The Morgan fingerprint density at radius 3 is 2.12 bits per heavy atom. The maximum absolute atomic E-state index is 13.9. The maximum atomic E-state index is 13.9. The number of ether oxygens (including phenoxy) is 1. The van der Waals surface area contributed by atoms with Gasteiger partial charge in [0.15, 0.2) is 5.78 Å². The van der Waals surface area contributed by atoms with Crippen molar-refractivity contribution in [3.8, 4) is 0 Å². The monoisotopic (exact) mass is 910 g/mol. The Balaban J connectivity index is 0.00000289. The number of aliphatic hydroxyl groups excluding tert-OH is 4. The van der Waals surface area contributed by atoms with Gasteiger partial charge in [0.1, 0.15) is 23.4 Å². The number of hydrogen-bond acceptors (Lipinski definition) is 9. The first kappa shape index (κ1) is 33.6. The molecule has 0 aromatic rings. The van der Waals surface area contributed by atoms with Crippen LogP contribution in [-0.4, -0.2) is 84.6 Å². The molecule has 0 heterocycles. The van der Waals surface area contributed by atoms with Gasteiger partial charge in [-0.1, -0.05) is 27.7 Å². The number of ketones is 1. The average Bonchev–Trinajstić information content (AvgIpc) is 2.68. The summed E-state index contributed by atoms with van der Waals surface area (Å²) in [6.45, 7) is 8.06. The molecule has 0 amide bonds. The van der Waals surface area contributed by atoms with Crippen LogP contribution in [0.2, 0.25) is 0 Å². The number of aliphatic hydroxyl groups is 6. The van der Waals surface area contributed by atoms with Gasteiger partial charge in [0.2, 0.25) is 0 Å².